The lowest BCUT2D eigenvalue weighted by Crippen LogP contribution is -2.42. The summed E-state index contributed by atoms with van der Waals surface area (Å²) in [5.74, 6) is -1.89. The van der Waals surface area contributed by atoms with Crippen LogP contribution in [0.4, 0.5) is 4.79 Å². The van der Waals surface area contributed by atoms with Gasteiger partial charge in [-0.3, -0.25) is 4.79 Å². The van der Waals surface area contributed by atoms with Crippen molar-refractivity contribution in [3.05, 3.63) is 89.0 Å². The third kappa shape index (κ3) is 4.57. The van der Waals surface area contributed by atoms with Gasteiger partial charge < -0.3 is 20.3 Å². The van der Waals surface area contributed by atoms with Crippen LogP contribution in [0.15, 0.2) is 66.7 Å². The van der Waals surface area contributed by atoms with Crippen molar-refractivity contribution in [2.75, 3.05) is 6.61 Å². The maximum atomic E-state index is 12.5. The summed E-state index contributed by atoms with van der Waals surface area (Å²) in [6.45, 7) is 1.38. The molecule has 0 bridgehead atoms. The average molecular weight is 445 g/mol. The second kappa shape index (κ2) is 9.16. The monoisotopic (exact) mass is 445 g/mol. The molecule has 0 aromatic heterocycles. The van der Waals surface area contributed by atoms with Gasteiger partial charge in [-0.2, -0.15) is 0 Å². The van der Waals surface area contributed by atoms with Crippen molar-refractivity contribution < 1.29 is 29.3 Å². The number of phenolic OH excluding ortho intramolecular Hbond substituents is 1. The highest BCUT2D eigenvalue weighted by Gasteiger charge is 2.30. The highest BCUT2D eigenvalue weighted by molar-refractivity contribution is 5.96. The molecule has 3 N–H and O–H groups in total. The molecule has 4 rings (SSSR count). The van der Waals surface area contributed by atoms with Crippen molar-refractivity contribution in [2.24, 2.45) is 0 Å². The number of carboxylic acid groups (broad SMARTS) is 1. The molecule has 0 radical (unpaired) electrons. The number of ether oxygens (including phenoxy) is 1. The van der Waals surface area contributed by atoms with Gasteiger partial charge in [-0.1, -0.05) is 54.6 Å². The minimum atomic E-state index is -1.26. The lowest BCUT2D eigenvalue weighted by Gasteiger charge is -2.18. The van der Waals surface area contributed by atoms with Crippen LogP contribution in [0.1, 0.15) is 39.9 Å². The first-order chi connectivity index (χ1) is 15.8. The number of nitrogens with one attached hydrogen (secondary N) is 1. The Kier molecular flexibility index (Phi) is 6.13. The molecular formula is C26H23NO6. The zero-order valence-electron chi connectivity index (χ0n) is 17.9. The van der Waals surface area contributed by atoms with Gasteiger partial charge in [-0.05, 0) is 46.9 Å². The molecule has 1 aliphatic rings. The minimum absolute atomic E-state index is 0.0693. The van der Waals surface area contributed by atoms with Crippen LogP contribution in [0, 0.1) is 0 Å². The van der Waals surface area contributed by atoms with Gasteiger partial charge in [0.1, 0.15) is 18.4 Å². The molecule has 0 heterocycles. The average Bonchev–Trinajstić information content (AvgIpc) is 3.12. The van der Waals surface area contributed by atoms with Gasteiger partial charge in [0.2, 0.25) is 0 Å². The standard InChI is InChI=1S/C26H23NO6/c1-15(28)21-12-16(10-11-24(21)29)13-23(25(30)31)27-26(32)33-14-22-19-8-4-2-6-17(19)18-7-3-5-9-20(18)22/h2-12,22-23,29H,13-14H2,1H3,(H,27,32)(H,30,31)/t23-/m0/s1. The molecule has 7 heteroatoms. The maximum Gasteiger partial charge on any atom is 0.407 e. The number of aliphatic carboxylic acids is 1. The summed E-state index contributed by atoms with van der Waals surface area (Å²) in [7, 11) is 0. The van der Waals surface area contributed by atoms with Crippen LogP contribution in [-0.2, 0) is 16.0 Å². The molecule has 0 saturated heterocycles. The van der Waals surface area contributed by atoms with Gasteiger partial charge in [0.25, 0.3) is 0 Å². The number of carboxylic acids is 1. The number of carbonyl (C=O) groups excluding carboxylic acids is 2. The van der Waals surface area contributed by atoms with Crippen molar-refractivity contribution in [1.29, 1.82) is 0 Å². The highest BCUT2D eigenvalue weighted by atomic mass is 16.5. The smallest absolute Gasteiger partial charge is 0.407 e. The molecule has 0 aliphatic heterocycles. The van der Waals surface area contributed by atoms with E-state index in [1.165, 1.54) is 25.1 Å². The van der Waals surface area contributed by atoms with Gasteiger partial charge in [-0.15, -0.1) is 0 Å². The van der Waals surface area contributed by atoms with E-state index in [-0.39, 0.29) is 36.0 Å². The normalized spacial score (nSPS) is 13.0. The predicted molar refractivity (Wildman–Crippen MR) is 121 cm³/mol. The zero-order chi connectivity index (χ0) is 23.5. The van der Waals surface area contributed by atoms with E-state index in [0.29, 0.717) is 5.56 Å². The maximum absolute atomic E-state index is 12.5. The first kappa shape index (κ1) is 22.1. The number of alkyl carbamates (subject to hydrolysis) is 1. The molecule has 0 fully saturated rings. The Balaban J connectivity index is 1.44. The number of aromatic hydroxyl groups is 1. The van der Waals surface area contributed by atoms with Gasteiger partial charge in [-0.25, -0.2) is 9.59 Å². The SMILES string of the molecule is CC(=O)c1cc(C[C@H](NC(=O)OCC2c3ccccc3-c3ccccc32)C(=O)O)ccc1O. The number of Topliss-reactive ketones (excluding diaryl/α,β-unsaturated/α-hetero) is 1. The van der Waals surface area contributed by atoms with Crippen LogP contribution in [-0.4, -0.2) is 40.7 Å². The van der Waals surface area contributed by atoms with E-state index in [1.54, 1.807) is 0 Å². The van der Waals surface area contributed by atoms with Crippen LogP contribution in [0.2, 0.25) is 0 Å². The molecule has 1 amide bonds. The molecule has 0 saturated carbocycles. The molecule has 1 aliphatic carbocycles. The van der Waals surface area contributed by atoms with Gasteiger partial charge in [0.15, 0.2) is 5.78 Å². The van der Waals surface area contributed by atoms with E-state index in [0.717, 1.165) is 22.3 Å². The van der Waals surface area contributed by atoms with Crippen molar-refractivity contribution in [3.63, 3.8) is 0 Å². The van der Waals surface area contributed by atoms with E-state index in [1.807, 2.05) is 48.5 Å². The van der Waals surface area contributed by atoms with Crippen LogP contribution in [0.25, 0.3) is 11.1 Å². The fourth-order valence-electron chi connectivity index (χ4n) is 4.21. The summed E-state index contributed by atoms with van der Waals surface area (Å²) in [4.78, 5) is 35.8. The van der Waals surface area contributed by atoms with Crippen molar-refractivity contribution in [2.45, 2.75) is 25.3 Å². The Bertz CT molecular complexity index is 1190. The zero-order valence-corrected chi connectivity index (χ0v) is 17.9. The second-order valence-corrected chi connectivity index (χ2v) is 7.97. The minimum Gasteiger partial charge on any atom is -0.507 e. The third-order valence-corrected chi connectivity index (χ3v) is 5.81. The van der Waals surface area contributed by atoms with Gasteiger partial charge in [0, 0.05) is 12.3 Å². The van der Waals surface area contributed by atoms with Crippen molar-refractivity contribution >= 4 is 17.8 Å². The number of carbonyl (C=O) groups is 3. The molecule has 0 unspecified atom stereocenters. The van der Waals surface area contributed by atoms with E-state index in [2.05, 4.69) is 5.32 Å². The molecular weight excluding hydrogens is 422 g/mol. The fraction of sp³-hybridized carbons (Fsp3) is 0.192. The molecule has 33 heavy (non-hydrogen) atoms. The van der Waals surface area contributed by atoms with Crippen LogP contribution < -0.4 is 5.32 Å². The highest BCUT2D eigenvalue weighted by Crippen LogP contribution is 2.44. The van der Waals surface area contributed by atoms with Gasteiger partial charge in [0.05, 0.1) is 5.56 Å². The molecule has 3 aromatic carbocycles. The number of hydrogen-bond donors (Lipinski definition) is 3. The third-order valence-electron chi connectivity index (χ3n) is 5.81. The summed E-state index contributed by atoms with van der Waals surface area (Å²) in [6.07, 6.45) is -0.907. The molecule has 1 atom stereocenters. The predicted octanol–water partition coefficient (Wildman–Crippen LogP) is 4.13. The van der Waals surface area contributed by atoms with Crippen molar-refractivity contribution in [3.8, 4) is 16.9 Å². The Morgan fingerprint density at radius 2 is 1.58 bits per heavy atom. The molecule has 168 valence electrons. The van der Waals surface area contributed by atoms with E-state index < -0.39 is 18.1 Å². The summed E-state index contributed by atoms with van der Waals surface area (Å²) >= 11 is 0. The van der Waals surface area contributed by atoms with Crippen LogP contribution >= 0.6 is 0 Å². The lowest BCUT2D eigenvalue weighted by atomic mass is 9.98. The van der Waals surface area contributed by atoms with E-state index >= 15 is 0 Å². The van der Waals surface area contributed by atoms with Gasteiger partial charge >= 0.3 is 12.1 Å². The van der Waals surface area contributed by atoms with E-state index in [4.69, 9.17) is 4.74 Å². The summed E-state index contributed by atoms with van der Waals surface area (Å²) in [6, 6.07) is 18.9. The van der Waals surface area contributed by atoms with E-state index in [9.17, 15) is 24.6 Å². The first-order valence-electron chi connectivity index (χ1n) is 10.5. The summed E-state index contributed by atoms with van der Waals surface area (Å²) in [5, 5.41) is 21.7. The summed E-state index contributed by atoms with van der Waals surface area (Å²) < 4.78 is 5.43. The van der Waals surface area contributed by atoms with Crippen LogP contribution in [0.3, 0.4) is 0 Å². The molecule has 3 aromatic rings. The Hall–Kier alpha value is -4.13. The fourth-order valence-corrected chi connectivity index (χ4v) is 4.21. The number of ketones is 1. The molecule has 0 spiro atoms. The number of phenols is 1. The Morgan fingerprint density at radius 1 is 0.970 bits per heavy atom. The number of rotatable bonds is 7. The molecule has 7 nitrogen and oxygen atoms in total. The Morgan fingerprint density at radius 3 is 2.15 bits per heavy atom. The quantitative estimate of drug-likeness (QED) is 0.472. The first-order valence-corrected chi connectivity index (χ1v) is 10.5. The topological polar surface area (TPSA) is 113 Å². The number of fused-ring (bicyclic) bond motifs is 3. The lowest BCUT2D eigenvalue weighted by molar-refractivity contribution is -0.139. The number of amides is 1. The number of benzene rings is 3. The second-order valence-electron chi connectivity index (χ2n) is 7.97. The largest absolute Gasteiger partial charge is 0.507 e. The number of hydrogen-bond acceptors (Lipinski definition) is 5. The van der Waals surface area contributed by atoms with Crippen LogP contribution in [0.5, 0.6) is 5.75 Å². The Labute approximate surface area is 190 Å². The summed E-state index contributed by atoms with van der Waals surface area (Å²) in [5.41, 5.74) is 4.89. The van der Waals surface area contributed by atoms with Crippen molar-refractivity contribution in [1.82, 2.24) is 5.32 Å².